The summed E-state index contributed by atoms with van der Waals surface area (Å²) in [4.78, 5) is 12.9. The zero-order valence-electron chi connectivity index (χ0n) is 10.5. The molecule has 0 aromatic heterocycles. The summed E-state index contributed by atoms with van der Waals surface area (Å²) >= 11 is 11.8. The molecule has 0 radical (unpaired) electrons. The molecule has 0 bridgehead atoms. The lowest BCUT2D eigenvalue weighted by Crippen LogP contribution is -2.38. The second-order valence-corrected chi connectivity index (χ2v) is 4.81. The molecule has 0 atom stereocenters. The number of benzene rings is 1. The van der Waals surface area contributed by atoms with Crippen molar-refractivity contribution < 1.29 is 18.7 Å². The molecule has 1 rings (SSSR count). The number of amides is 1. The fourth-order valence-electron chi connectivity index (χ4n) is 1.57. The first-order valence-electron chi connectivity index (χ1n) is 5.79. The summed E-state index contributed by atoms with van der Waals surface area (Å²) in [6, 6.07) is 4.72. The third-order valence-corrected chi connectivity index (χ3v) is 3.04. The standard InChI is InChI=1S/C12H14Cl2F2N2O2/c13-8-2-1-3-9(14)12(8)17-11(20)7-18(4-5-19)6-10(15)16/h1-3,10,19H,4-7H2,(H,17,20). The van der Waals surface area contributed by atoms with Crippen molar-refractivity contribution in [3.8, 4) is 0 Å². The fraction of sp³-hybridized carbons (Fsp3) is 0.417. The predicted octanol–water partition coefficient (Wildman–Crippen LogP) is 2.49. The summed E-state index contributed by atoms with van der Waals surface area (Å²) in [6.07, 6.45) is -2.58. The molecule has 2 N–H and O–H groups in total. The Morgan fingerprint density at radius 2 is 1.95 bits per heavy atom. The molecular formula is C12H14Cl2F2N2O2. The van der Waals surface area contributed by atoms with Crippen molar-refractivity contribution in [2.24, 2.45) is 0 Å². The molecule has 0 aliphatic rings. The van der Waals surface area contributed by atoms with E-state index in [4.69, 9.17) is 28.3 Å². The van der Waals surface area contributed by atoms with Crippen LogP contribution in [-0.2, 0) is 4.79 Å². The van der Waals surface area contributed by atoms with Crippen LogP contribution >= 0.6 is 23.2 Å². The van der Waals surface area contributed by atoms with Crippen molar-refractivity contribution in [3.05, 3.63) is 28.2 Å². The Kier molecular flexibility index (Phi) is 7.15. The van der Waals surface area contributed by atoms with Crippen LogP contribution in [0.15, 0.2) is 18.2 Å². The van der Waals surface area contributed by atoms with Crippen molar-refractivity contribution >= 4 is 34.8 Å². The van der Waals surface area contributed by atoms with Crippen LogP contribution in [0.5, 0.6) is 0 Å². The minimum atomic E-state index is -2.58. The van der Waals surface area contributed by atoms with Gasteiger partial charge in [-0.2, -0.15) is 0 Å². The number of aliphatic hydroxyl groups excluding tert-OH is 1. The van der Waals surface area contributed by atoms with E-state index in [2.05, 4.69) is 5.32 Å². The number of aliphatic hydroxyl groups is 1. The molecule has 4 nitrogen and oxygen atoms in total. The molecule has 0 heterocycles. The lowest BCUT2D eigenvalue weighted by Gasteiger charge is -2.20. The number of carbonyl (C=O) groups is 1. The molecule has 0 unspecified atom stereocenters. The van der Waals surface area contributed by atoms with Gasteiger partial charge >= 0.3 is 0 Å². The van der Waals surface area contributed by atoms with Crippen LogP contribution in [0.3, 0.4) is 0 Å². The number of hydrogen-bond acceptors (Lipinski definition) is 3. The number of hydrogen-bond donors (Lipinski definition) is 2. The Bertz CT molecular complexity index is 441. The Morgan fingerprint density at radius 1 is 1.35 bits per heavy atom. The third kappa shape index (κ3) is 5.58. The molecule has 20 heavy (non-hydrogen) atoms. The summed E-state index contributed by atoms with van der Waals surface area (Å²) < 4.78 is 24.6. The molecule has 0 fully saturated rings. The van der Waals surface area contributed by atoms with Gasteiger partial charge in [0.15, 0.2) is 0 Å². The Labute approximate surface area is 125 Å². The number of nitrogens with zero attached hydrogens (tertiary/aromatic N) is 1. The molecule has 0 spiro atoms. The molecule has 0 saturated heterocycles. The SMILES string of the molecule is O=C(CN(CCO)CC(F)F)Nc1c(Cl)cccc1Cl. The fourth-order valence-corrected chi connectivity index (χ4v) is 2.06. The van der Waals surface area contributed by atoms with E-state index in [1.54, 1.807) is 18.2 Å². The molecule has 1 aromatic carbocycles. The molecule has 0 saturated carbocycles. The molecule has 1 aromatic rings. The highest BCUT2D eigenvalue weighted by atomic mass is 35.5. The van der Waals surface area contributed by atoms with Crippen LogP contribution in [0.1, 0.15) is 0 Å². The Morgan fingerprint density at radius 3 is 2.45 bits per heavy atom. The summed E-state index contributed by atoms with van der Waals surface area (Å²) in [6.45, 7) is -1.21. The van der Waals surface area contributed by atoms with E-state index in [-0.39, 0.29) is 35.4 Å². The zero-order chi connectivity index (χ0) is 15.1. The minimum Gasteiger partial charge on any atom is -0.395 e. The van der Waals surface area contributed by atoms with Crippen LogP contribution in [0.4, 0.5) is 14.5 Å². The normalized spacial score (nSPS) is 11.2. The Balaban J connectivity index is 2.65. The first-order valence-corrected chi connectivity index (χ1v) is 6.55. The van der Waals surface area contributed by atoms with Crippen molar-refractivity contribution in [3.63, 3.8) is 0 Å². The summed E-state index contributed by atoms with van der Waals surface area (Å²) in [7, 11) is 0. The number of nitrogens with one attached hydrogen (secondary N) is 1. The number of anilines is 1. The van der Waals surface area contributed by atoms with Crippen molar-refractivity contribution in [2.75, 3.05) is 31.6 Å². The van der Waals surface area contributed by atoms with E-state index < -0.39 is 18.9 Å². The van der Waals surface area contributed by atoms with Gasteiger partial charge in [-0.15, -0.1) is 0 Å². The van der Waals surface area contributed by atoms with Crippen molar-refractivity contribution in [1.29, 1.82) is 0 Å². The number of rotatable bonds is 7. The second-order valence-electron chi connectivity index (χ2n) is 3.99. The lowest BCUT2D eigenvalue weighted by molar-refractivity contribution is -0.117. The lowest BCUT2D eigenvalue weighted by atomic mass is 10.3. The molecule has 112 valence electrons. The van der Waals surface area contributed by atoms with E-state index in [0.29, 0.717) is 0 Å². The van der Waals surface area contributed by atoms with E-state index in [1.807, 2.05) is 0 Å². The summed E-state index contributed by atoms with van der Waals surface area (Å²) in [5.74, 6) is -0.533. The highest BCUT2D eigenvalue weighted by Gasteiger charge is 2.16. The van der Waals surface area contributed by atoms with E-state index in [1.165, 1.54) is 0 Å². The smallest absolute Gasteiger partial charge is 0.251 e. The van der Waals surface area contributed by atoms with Crippen LogP contribution in [0, 0.1) is 0 Å². The van der Waals surface area contributed by atoms with Gasteiger partial charge in [0.25, 0.3) is 6.43 Å². The van der Waals surface area contributed by atoms with Gasteiger partial charge in [0.1, 0.15) is 0 Å². The maximum Gasteiger partial charge on any atom is 0.251 e. The Hall–Kier alpha value is -0.950. The molecule has 1 amide bonds. The maximum atomic E-state index is 12.3. The van der Waals surface area contributed by atoms with Crippen LogP contribution in [0.25, 0.3) is 0 Å². The van der Waals surface area contributed by atoms with Gasteiger partial charge in [0.05, 0.1) is 35.4 Å². The van der Waals surface area contributed by atoms with Gasteiger partial charge in [-0.25, -0.2) is 8.78 Å². The average molecular weight is 327 g/mol. The summed E-state index contributed by atoms with van der Waals surface area (Å²) in [5.41, 5.74) is 0.238. The predicted molar refractivity (Wildman–Crippen MR) is 74.6 cm³/mol. The quantitative estimate of drug-likeness (QED) is 0.809. The second kappa shape index (κ2) is 8.36. The van der Waals surface area contributed by atoms with E-state index in [0.717, 1.165) is 4.90 Å². The maximum absolute atomic E-state index is 12.3. The van der Waals surface area contributed by atoms with Gasteiger partial charge in [-0.1, -0.05) is 29.3 Å². The van der Waals surface area contributed by atoms with Gasteiger partial charge in [0.2, 0.25) is 5.91 Å². The largest absolute Gasteiger partial charge is 0.395 e. The first-order chi connectivity index (χ1) is 9.43. The first kappa shape index (κ1) is 17.1. The topological polar surface area (TPSA) is 52.6 Å². The number of carbonyl (C=O) groups excluding carboxylic acids is 1. The number of para-hydroxylation sites is 1. The van der Waals surface area contributed by atoms with Crippen LogP contribution < -0.4 is 5.32 Å². The van der Waals surface area contributed by atoms with E-state index >= 15 is 0 Å². The number of halogens is 4. The third-order valence-electron chi connectivity index (χ3n) is 2.41. The molecule has 0 aliphatic heterocycles. The average Bonchev–Trinajstić information content (AvgIpc) is 2.33. The molecule has 0 aliphatic carbocycles. The van der Waals surface area contributed by atoms with Crippen LogP contribution in [-0.4, -0.2) is 48.6 Å². The van der Waals surface area contributed by atoms with E-state index in [9.17, 15) is 13.6 Å². The number of alkyl halides is 2. The van der Waals surface area contributed by atoms with Gasteiger partial charge in [0, 0.05) is 6.54 Å². The van der Waals surface area contributed by atoms with Gasteiger partial charge in [-0.3, -0.25) is 9.69 Å². The highest BCUT2D eigenvalue weighted by molar-refractivity contribution is 6.39. The van der Waals surface area contributed by atoms with Crippen molar-refractivity contribution in [1.82, 2.24) is 4.90 Å². The molecule has 8 heteroatoms. The van der Waals surface area contributed by atoms with Crippen molar-refractivity contribution in [2.45, 2.75) is 6.43 Å². The highest BCUT2D eigenvalue weighted by Crippen LogP contribution is 2.29. The van der Waals surface area contributed by atoms with Crippen LogP contribution in [0.2, 0.25) is 10.0 Å². The minimum absolute atomic E-state index is 0.0198. The van der Waals surface area contributed by atoms with Gasteiger partial charge < -0.3 is 10.4 Å². The summed E-state index contributed by atoms with van der Waals surface area (Å²) in [5, 5.41) is 11.8. The molecular weight excluding hydrogens is 313 g/mol. The van der Waals surface area contributed by atoms with Gasteiger partial charge in [-0.05, 0) is 12.1 Å². The monoisotopic (exact) mass is 326 g/mol. The zero-order valence-corrected chi connectivity index (χ0v) is 12.0.